The number of nitrogens with zero attached hydrogens (tertiary/aromatic N) is 1. The first-order valence-electron chi connectivity index (χ1n) is 6.46. The lowest BCUT2D eigenvalue weighted by Crippen LogP contribution is -2.41. The summed E-state index contributed by atoms with van der Waals surface area (Å²) in [5, 5.41) is 0. The fourth-order valence-electron chi connectivity index (χ4n) is 2.52. The van der Waals surface area contributed by atoms with E-state index in [0.717, 1.165) is 32.4 Å². The number of ketones is 1. The van der Waals surface area contributed by atoms with Crippen LogP contribution >= 0.6 is 0 Å². The van der Waals surface area contributed by atoms with Gasteiger partial charge in [0, 0.05) is 32.0 Å². The van der Waals surface area contributed by atoms with Crippen LogP contribution in [0.3, 0.4) is 0 Å². The van der Waals surface area contributed by atoms with Gasteiger partial charge in [-0.1, -0.05) is 29.8 Å². The van der Waals surface area contributed by atoms with Crippen LogP contribution in [-0.2, 0) is 11.2 Å². The van der Waals surface area contributed by atoms with Crippen LogP contribution in [0.25, 0.3) is 0 Å². The fraction of sp³-hybridized carbons (Fsp3) is 0.533. The highest BCUT2D eigenvalue weighted by Crippen LogP contribution is 2.15. The van der Waals surface area contributed by atoms with Crippen molar-refractivity contribution >= 4 is 5.78 Å². The Bertz CT molecular complexity index is 400. The van der Waals surface area contributed by atoms with Crippen molar-refractivity contribution in [1.29, 1.82) is 0 Å². The second kappa shape index (κ2) is 5.46. The molecule has 1 aliphatic rings. The fourth-order valence-corrected chi connectivity index (χ4v) is 2.52. The number of carbonyl (C=O) groups excluding carboxylic acids is 1. The van der Waals surface area contributed by atoms with Gasteiger partial charge in [0.15, 0.2) is 0 Å². The molecule has 1 fully saturated rings. The Morgan fingerprint density at radius 1 is 1.41 bits per heavy atom. The van der Waals surface area contributed by atoms with E-state index in [1.807, 2.05) is 0 Å². The molecule has 0 aliphatic carbocycles. The first kappa shape index (κ1) is 12.3. The summed E-state index contributed by atoms with van der Waals surface area (Å²) in [5.41, 5.74) is 2.72. The monoisotopic (exact) mass is 231 g/mol. The van der Waals surface area contributed by atoms with Gasteiger partial charge < -0.3 is 0 Å². The molecule has 0 N–H and O–H groups in total. The van der Waals surface area contributed by atoms with E-state index >= 15 is 0 Å². The van der Waals surface area contributed by atoms with Crippen LogP contribution in [0.2, 0.25) is 0 Å². The van der Waals surface area contributed by atoms with Crippen molar-refractivity contribution in [3.63, 3.8) is 0 Å². The molecule has 1 heterocycles. The van der Waals surface area contributed by atoms with Gasteiger partial charge in [-0.3, -0.25) is 9.69 Å². The molecule has 1 aromatic rings. The number of likely N-dealkylation sites (tertiary alicyclic amines) is 1. The van der Waals surface area contributed by atoms with Crippen molar-refractivity contribution in [3.05, 3.63) is 35.4 Å². The van der Waals surface area contributed by atoms with Crippen molar-refractivity contribution in [1.82, 2.24) is 4.90 Å². The summed E-state index contributed by atoms with van der Waals surface area (Å²) in [6.45, 7) is 6.29. The summed E-state index contributed by atoms with van der Waals surface area (Å²) in [6.07, 6.45) is 2.55. The quantitative estimate of drug-likeness (QED) is 0.797. The zero-order chi connectivity index (χ0) is 12.3. The number of rotatable bonds is 3. The maximum Gasteiger partial charge on any atom is 0.135 e. The highest BCUT2D eigenvalue weighted by molar-refractivity contribution is 5.79. The Balaban J connectivity index is 1.88. The van der Waals surface area contributed by atoms with Gasteiger partial charge in [0.25, 0.3) is 0 Å². The van der Waals surface area contributed by atoms with Crippen LogP contribution in [0.5, 0.6) is 0 Å². The highest BCUT2D eigenvalue weighted by Gasteiger charge is 2.22. The van der Waals surface area contributed by atoms with Crippen LogP contribution in [-0.4, -0.2) is 29.8 Å². The lowest BCUT2D eigenvalue weighted by Gasteiger charge is -2.32. The van der Waals surface area contributed by atoms with E-state index in [0.29, 0.717) is 11.8 Å². The molecule has 1 aliphatic heterocycles. The van der Waals surface area contributed by atoms with Crippen LogP contribution in [0.1, 0.15) is 30.9 Å². The summed E-state index contributed by atoms with van der Waals surface area (Å²) in [5.74, 6) is 0.421. The summed E-state index contributed by atoms with van der Waals surface area (Å²) in [7, 11) is 0. The normalized spacial score (nSPS) is 21.8. The van der Waals surface area contributed by atoms with Gasteiger partial charge in [-0.2, -0.15) is 0 Å². The lowest BCUT2D eigenvalue weighted by molar-refractivity contribution is -0.122. The zero-order valence-corrected chi connectivity index (χ0v) is 10.8. The molecule has 0 saturated carbocycles. The largest absolute Gasteiger partial charge is 0.300 e. The third-order valence-corrected chi connectivity index (χ3v) is 3.59. The molecule has 1 aromatic carbocycles. The number of piperidine rings is 1. The predicted octanol–water partition coefficient (Wildman–Crippen LogP) is 2.59. The standard InChI is InChI=1S/C15H21NO/c1-12-4-3-5-14(10-12)6-8-16-9-7-15(17)11-13(16)2/h3-5,10,13H,6-9,11H2,1-2H3. The molecule has 1 saturated heterocycles. The van der Waals surface area contributed by atoms with Gasteiger partial charge in [-0.15, -0.1) is 0 Å². The maximum atomic E-state index is 11.3. The molecule has 1 unspecified atom stereocenters. The van der Waals surface area contributed by atoms with E-state index in [4.69, 9.17) is 0 Å². The van der Waals surface area contributed by atoms with Crippen molar-refractivity contribution in [2.24, 2.45) is 0 Å². The number of aryl methyl sites for hydroxylation is 1. The Labute approximate surface area is 104 Å². The van der Waals surface area contributed by atoms with Gasteiger partial charge in [0.2, 0.25) is 0 Å². The van der Waals surface area contributed by atoms with Crippen molar-refractivity contribution in [2.45, 2.75) is 39.2 Å². The minimum absolute atomic E-state index is 0.418. The predicted molar refractivity (Wildman–Crippen MR) is 70.2 cm³/mol. The minimum Gasteiger partial charge on any atom is -0.300 e. The van der Waals surface area contributed by atoms with Gasteiger partial charge in [-0.05, 0) is 25.8 Å². The highest BCUT2D eigenvalue weighted by atomic mass is 16.1. The molecule has 2 rings (SSSR count). The molecule has 2 nitrogen and oxygen atoms in total. The number of benzene rings is 1. The molecule has 0 spiro atoms. The molecule has 0 bridgehead atoms. The first-order valence-corrected chi connectivity index (χ1v) is 6.46. The number of hydrogen-bond donors (Lipinski definition) is 0. The second-order valence-electron chi connectivity index (χ2n) is 5.12. The van der Waals surface area contributed by atoms with E-state index in [9.17, 15) is 4.79 Å². The van der Waals surface area contributed by atoms with Crippen LogP contribution in [0, 0.1) is 6.92 Å². The first-order chi connectivity index (χ1) is 8.15. The third-order valence-electron chi connectivity index (χ3n) is 3.59. The molecule has 0 aromatic heterocycles. The maximum absolute atomic E-state index is 11.3. The van der Waals surface area contributed by atoms with E-state index in [-0.39, 0.29) is 0 Å². The van der Waals surface area contributed by atoms with E-state index in [2.05, 4.69) is 43.0 Å². The molecule has 2 heteroatoms. The van der Waals surface area contributed by atoms with Crippen LogP contribution < -0.4 is 0 Å². The molecular weight excluding hydrogens is 210 g/mol. The van der Waals surface area contributed by atoms with E-state index < -0.39 is 0 Å². The van der Waals surface area contributed by atoms with Crippen molar-refractivity contribution in [3.8, 4) is 0 Å². The summed E-state index contributed by atoms with van der Waals surface area (Å²) in [6, 6.07) is 9.10. The summed E-state index contributed by atoms with van der Waals surface area (Å²) >= 11 is 0. The molecule has 0 radical (unpaired) electrons. The molecular formula is C15H21NO. The number of Topliss-reactive ketones (excluding diaryl/α,β-unsaturated/α-hetero) is 1. The second-order valence-corrected chi connectivity index (χ2v) is 5.12. The average Bonchev–Trinajstić information content (AvgIpc) is 2.28. The zero-order valence-electron chi connectivity index (χ0n) is 10.8. The SMILES string of the molecule is Cc1cccc(CCN2CCC(=O)CC2C)c1. The van der Waals surface area contributed by atoms with E-state index in [1.54, 1.807) is 0 Å². The summed E-state index contributed by atoms with van der Waals surface area (Å²) < 4.78 is 0. The van der Waals surface area contributed by atoms with Crippen molar-refractivity contribution < 1.29 is 4.79 Å². The van der Waals surface area contributed by atoms with Gasteiger partial charge in [0.05, 0.1) is 0 Å². The van der Waals surface area contributed by atoms with E-state index in [1.165, 1.54) is 11.1 Å². The molecule has 17 heavy (non-hydrogen) atoms. The summed E-state index contributed by atoms with van der Waals surface area (Å²) in [4.78, 5) is 13.7. The van der Waals surface area contributed by atoms with Crippen LogP contribution in [0.15, 0.2) is 24.3 Å². The smallest absolute Gasteiger partial charge is 0.135 e. The average molecular weight is 231 g/mol. The number of hydrogen-bond acceptors (Lipinski definition) is 2. The Morgan fingerprint density at radius 3 is 2.94 bits per heavy atom. The van der Waals surface area contributed by atoms with Crippen molar-refractivity contribution in [2.75, 3.05) is 13.1 Å². The van der Waals surface area contributed by atoms with Gasteiger partial charge in [0.1, 0.15) is 5.78 Å². The molecule has 92 valence electrons. The Morgan fingerprint density at radius 2 is 2.24 bits per heavy atom. The van der Waals surface area contributed by atoms with Gasteiger partial charge in [-0.25, -0.2) is 0 Å². The number of carbonyl (C=O) groups is 1. The Kier molecular flexibility index (Phi) is 3.95. The third kappa shape index (κ3) is 3.40. The molecule has 1 atom stereocenters. The topological polar surface area (TPSA) is 20.3 Å². The van der Waals surface area contributed by atoms with Gasteiger partial charge >= 0.3 is 0 Å². The minimum atomic E-state index is 0.418. The molecule has 0 amide bonds. The lowest BCUT2D eigenvalue weighted by atomic mass is 10.0. The Hall–Kier alpha value is -1.15. The van der Waals surface area contributed by atoms with Crippen LogP contribution in [0.4, 0.5) is 0 Å².